The third-order valence-corrected chi connectivity index (χ3v) is 2.02. The summed E-state index contributed by atoms with van der Waals surface area (Å²) in [5.74, 6) is 0.349. The summed E-state index contributed by atoms with van der Waals surface area (Å²) in [5.41, 5.74) is 0.687. The number of hydrogen-bond acceptors (Lipinski definition) is 3. The van der Waals surface area contributed by atoms with E-state index in [9.17, 15) is 9.90 Å². The van der Waals surface area contributed by atoms with Crippen LogP contribution in [0.2, 0.25) is 0 Å². The Balaban J connectivity index is 3.06. The molecule has 0 aliphatic rings. The van der Waals surface area contributed by atoms with E-state index < -0.39 is 0 Å². The second kappa shape index (κ2) is 4.00. The van der Waals surface area contributed by atoms with Crippen molar-refractivity contribution in [1.82, 2.24) is 0 Å². The zero-order chi connectivity index (χ0) is 10.7. The van der Waals surface area contributed by atoms with Crippen LogP contribution in [0.15, 0.2) is 18.2 Å². The molecule has 0 radical (unpaired) electrons. The van der Waals surface area contributed by atoms with Gasteiger partial charge in [-0.2, -0.15) is 0 Å². The molecule has 0 bridgehead atoms. The number of amides is 1. The molecular weight excluding hydrogens is 182 g/mol. The van der Waals surface area contributed by atoms with Gasteiger partial charge in [-0.05, 0) is 12.1 Å². The lowest BCUT2D eigenvalue weighted by Gasteiger charge is -2.16. The van der Waals surface area contributed by atoms with Crippen LogP contribution in [0.4, 0.5) is 5.69 Å². The summed E-state index contributed by atoms with van der Waals surface area (Å²) in [6.07, 6.45) is 0. The van der Waals surface area contributed by atoms with Gasteiger partial charge in [-0.3, -0.25) is 4.79 Å². The average Bonchev–Trinajstić information content (AvgIpc) is 2.17. The van der Waals surface area contributed by atoms with Gasteiger partial charge < -0.3 is 14.7 Å². The molecule has 14 heavy (non-hydrogen) atoms. The lowest BCUT2D eigenvalue weighted by Crippen LogP contribution is -2.22. The van der Waals surface area contributed by atoms with Gasteiger partial charge in [0.05, 0.1) is 7.11 Å². The van der Waals surface area contributed by atoms with E-state index in [2.05, 4.69) is 0 Å². The van der Waals surface area contributed by atoms with Gasteiger partial charge in [-0.15, -0.1) is 0 Å². The molecule has 0 saturated carbocycles. The fraction of sp³-hybridized carbons (Fsp3) is 0.300. The van der Waals surface area contributed by atoms with Crippen LogP contribution in [0.5, 0.6) is 11.5 Å². The lowest BCUT2D eigenvalue weighted by atomic mass is 10.2. The van der Waals surface area contributed by atoms with Crippen LogP contribution >= 0.6 is 0 Å². The maximum absolute atomic E-state index is 11.1. The fourth-order valence-corrected chi connectivity index (χ4v) is 1.06. The number of carbonyl (C=O) groups is 1. The normalized spacial score (nSPS) is 9.64. The van der Waals surface area contributed by atoms with Gasteiger partial charge in [-0.25, -0.2) is 0 Å². The highest BCUT2D eigenvalue weighted by Crippen LogP contribution is 2.29. The molecule has 0 aliphatic carbocycles. The van der Waals surface area contributed by atoms with Crippen molar-refractivity contribution < 1.29 is 14.6 Å². The highest BCUT2D eigenvalue weighted by Gasteiger charge is 2.08. The topological polar surface area (TPSA) is 49.8 Å². The zero-order valence-corrected chi connectivity index (χ0v) is 8.44. The van der Waals surface area contributed by atoms with Crippen molar-refractivity contribution in [2.75, 3.05) is 19.1 Å². The molecule has 0 fully saturated rings. The number of methoxy groups -OCH3 is 1. The number of aromatic hydroxyl groups is 1. The molecular formula is C10H13NO3. The molecule has 1 N–H and O–H groups in total. The van der Waals surface area contributed by atoms with E-state index >= 15 is 0 Å². The number of hydrogen-bond donors (Lipinski definition) is 1. The summed E-state index contributed by atoms with van der Waals surface area (Å²) < 4.78 is 4.93. The standard InChI is InChI=1S/C10H13NO3/c1-7(12)11(2)8-4-5-9(13)10(6-8)14-3/h4-6,13H,1-3H3. The van der Waals surface area contributed by atoms with Crippen molar-refractivity contribution in [2.45, 2.75) is 6.92 Å². The Morgan fingerprint density at radius 2 is 2.14 bits per heavy atom. The lowest BCUT2D eigenvalue weighted by molar-refractivity contribution is -0.116. The number of phenolic OH excluding ortho intramolecular Hbond substituents is 1. The van der Waals surface area contributed by atoms with Crippen molar-refractivity contribution in [3.63, 3.8) is 0 Å². The Labute approximate surface area is 82.7 Å². The first-order chi connectivity index (χ1) is 6.56. The van der Waals surface area contributed by atoms with E-state index in [0.29, 0.717) is 11.4 Å². The average molecular weight is 195 g/mol. The molecule has 0 aromatic heterocycles. The maximum Gasteiger partial charge on any atom is 0.223 e. The van der Waals surface area contributed by atoms with Crippen molar-refractivity contribution in [1.29, 1.82) is 0 Å². The monoisotopic (exact) mass is 195 g/mol. The van der Waals surface area contributed by atoms with Gasteiger partial charge in [0.25, 0.3) is 0 Å². The van der Waals surface area contributed by atoms with Gasteiger partial charge in [0.1, 0.15) is 0 Å². The summed E-state index contributed by atoms with van der Waals surface area (Å²) in [6, 6.07) is 4.75. The first-order valence-electron chi connectivity index (χ1n) is 4.17. The third kappa shape index (κ3) is 1.96. The van der Waals surface area contributed by atoms with E-state index in [1.807, 2.05) is 0 Å². The van der Waals surface area contributed by atoms with Gasteiger partial charge >= 0.3 is 0 Å². The Hall–Kier alpha value is -1.71. The molecule has 1 amide bonds. The number of anilines is 1. The molecule has 1 rings (SSSR count). The second-order valence-corrected chi connectivity index (χ2v) is 2.93. The van der Waals surface area contributed by atoms with E-state index in [1.54, 1.807) is 19.2 Å². The molecule has 0 aliphatic heterocycles. The smallest absolute Gasteiger partial charge is 0.223 e. The summed E-state index contributed by atoms with van der Waals surface area (Å²) in [5, 5.41) is 9.33. The molecule has 0 unspecified atom stereocenters. The second-order valence-electron chi connectivity index (χ2n) is 2.93. The summed E-state index contributed by atoms with van der Waals surface area (Å²) >= 11 is 0. The number of rotatable bonds is 2. The minimum absolute atomic E-state index is 0.0632. The summed E-state index contributed by atoms with van der Waals surface area (Å²) in [4.78, 5) is 12.5. The van der Waals surface area contributed by atoms with Crippen LogP contribution in [-0.4, -0.2) is 25.2 Å². The molecule has 4 nitrogen and oxygen atoms in total. The Bertz CT molecular complexity index is 349. The Morgan fingerprint density at radius 1 is 1.50 bits per heavy atom. The van der Waals surface area contributed by atoms with E-state index in [-0.39, 0.29) is 11.7 Å². The van der Waals surface area contributed by atoms with Crippen molar-refractivity contribution in [3.05, 3.63) is 18.2 Å². The van der Waals surface area contributed by atoms with Crippen LogP contribution in [0, 0.1) is 0 Å². The van der Waals surface area contributed by atoms with Crippen LogP contribution in [0.25, 0.3) is 0 Å². The van der Waals surface area contributed by atoms with Gasteiger partial charge in [0.2, 0.25) is 5.91 Å². The molecule has 0 atom stereocenters. The van der Waals surface area contributed by atoms with Crippen molar-refractivity contribution >= 4 is 11.6 Å². The molecule has 0 spiro atoms. The van der Waals surface area contributed by atoms with Crippen LogP contribution in [0.1, 0.15) is 6.92 Å². The predicted octanol–water partition coefficient (Wildman–Crippen LogP) is 1.38. The number of nitrogens with zero attached hydrogens (tertiary/aromatic N) is 1. The number of benzene rings is 1. The van der Waals surface area contributed by atoms with Crippen molar-refractivity contribution in [3.8, 4) is 11.5 Å². The summed E-state index contributed by atoms with van der Waals surface area (Å²) in [6.45, 7) is 1.47. The van der Waals surface area contributed by atoms with Crippen LogP contribution in [0.3, 0.4) is 0 Å². The largest absolute Gasteiger partial charge is 0.504 e. The fourth-order valence-electron chi connectivity index (χ4n) is 1.06. The highest BCUT2D eigenvalue weighted by atomic mass is 16.5. The highest BCUT2D eigenvalue weighted by molar-refractivity contribution is 5.91. The minimum atomic E-state index is -0.0715. The minimum Gasteiger partial charge on any atom is -0.504 e. The first kappa shape index (κ1) is 10.4. The first-order valence-corrected chi connectivity index (χ1v) is 4.17. The molecule has 4 heteroatoms. The van der Waals surface area contributed by atoms with E-state index in [0.717, 1.165) is 0 Å². The van der Waals surface area contributed by atoms with Crippen molar-refractivity contribution in [2.24, 2.45) is 0 Å². The Morgan fingerprint density at radius 3 is 2.64 bits per heavy atom. The van der Waals surface area contributed by atoms with Gasteiger partial charge in [0, 0.05) is 25.7 Å². The zero-order valence-electron chi connectivity index (χ0n) is 8.44. The quantitative estimate of drug-likeness (QED) is 0.775. The molecule has 1 aromatic rings. The molecule has 1 aromatic carbocycles. The number of carbonyl (C=O) groups excluding carboxylic acids is 1. The molecule has 0 saturated heterocycles. The summed E-state index contributed by atoms with van der Waals surface area (Å²) in [7, 11) is 3.13. The van der Waals surface area contributed by atoms with E-state index in [1.165, 1.54) is 25.0 Å². The Kier molecular flexibility index (Phi) is 2.96. The maximum atomic E-state index is 11.1. The van der Waals surface area contributed by atoms with E-state index in [4.69, 9.17) is 4.74 Å². The van der Waals surface area contributed by atoms with Gasteiger partial charge in [-0.1, -0.05) is 0 Å². The third-order valence-electron chi connectivity index (χ3n) is 2.02. The molecule has 76 valence electrons. The van der Waals surface area contributed by atoms with Gasteiger partial charge in [0.15, 0.2) is 11.5 Å². The number of ether oxygens (including phenoxy) is 1. The van der Waals surface area contributed by atoms with Crippen LogP contribution < -0.4 is 9.64 Å². The number of phenols is 1. The predicted molar refractivity (Wildman–Crippen MR) is 53.7 cm³/mol. The SMILES string of the molecule is COc1cc(N(C)C(C)=O)ccc1O. The molecule has 0 heterocycles. The van der Waals surface area contributed by atoms with Crippen LogP contribution in [-0.2, 0) is 4.79 Å².